The second kappa shape index (κ2) is 7.51. The van der Waals surface area contributed by atoms with Crippen LogP contribution in [0.2, 0.25) is 10.0 Å². The third-order valence-electron chi connectivity index (χ3n) is 4.48. The molecule has 1 fully saturated rings. The molecule has 0 amide bonds. The van der Waals surface area contributed by atoms with Gasteiger partial charge in [-0.25, -0.2) is 4.98 Å². The SMILES string of the molecule is CCOc1ccc2nc(N3CCN(c4ccc(Cl)c(Cl)c4)CC3)sc2c1. The summed E-state index contributed by atoms with van der Waals surface area (Å²) in [6.45, 7) is 6.39. The first-order valence-electron chi connectivity index (χ1n) is 8.62. The first-order valence-corrected chi connectivity index (χ1v) is 10.2. The molecule has 1 aliphatic rings. The Kier molecular flexibility index (Phi) is 5.11. The fourth-order valence-electron chi connectivity index (χ4n) is 3.12. The number of rotatable bonds is 4. The van der Waals surface area contributed by atoms with Crippen LogP contribution in [0.25, 0.3) is 10.2 Å². The fourth-order valence-corrected chi connectivity index (χ4v) is 4.46. The second-order valence-electron chi connectivity index (χ2n) is 6.13. The molecule has 2 aromatic carbocycles. The second-order valence-corrected chi connectivity index (χ2v) is 7.95. The Balaban J connectivity index is 1.47. The third-order valence-corrected chi connectivity index (χ3v) is 6.30. The topological polar surface area (TPSA) is 28.6 Å². The van der Waals surface area contributed by atoms with Crippen molar-refractivity contribution in [2.75, 3.05) is 42.6 Å². The van der Waals surface area contributed by atoms with Crippen LogP contribution in [-0.2, 0) is 0 Å². The number of halogens is 2. The Bertz CT molecular complexity index is 922. The van der Waals surface area contributed by atoms with Crippen molar-refractivity contribution in [3.63, 3.8) is 0 Å². The van der Waals surface area contributed by atoms with Gasteiger partial charge in [0, 0.05) is 31.9 Å². The largest absolute Gasteiger partial charge is 0.494 e. The van der Waals surface area contributed by atoms with Gasteiger partial charge in [0.05, 0.1) is 26.9 Å². The van der Waals surface area contributed by atoms with Crippen molar-refractivity contribution in [1.29, 1.82) is 0 Å². The van der Waals surface area contributed by atoms with Crippen LogP contribution in [0.15, 0.2) is 36.4 Å². The summed E-state index contributed by atoms with van der Waals surface area (Å²) in [5.74, 6) is 0.902. The molecule has 26 heavy (non-hydrogen) atoms. The summed E-state index contributed by atoms with van der Waals surface area (Å²) < 4.78 is 6.75. The number of hydrogen-bond donors (Lipinski definition) is 0. The molecule has 1 aromatic heterocycles. The Morgan fingerprint density at radius 2 is 1.77 bits per heavy atom. The number of anilines is 2. The Labute approximate surface area is 166 Å². The Hall–Kier alpha value is -1.69. The lowest BCUT2D eigenvalue weighted by Gasteiger charge is -2.36. The lowest BCUT2D eigenvalue weighted by atomic mass is 10.2. The number of piperazine rings is 1. The number of hydrogen-bond acceptors (Lipinski definition) is 5. The van der Waals surface area contributed by atoms with Crippen LogP contribution in [-0.4, -0.2) is 37.8 Å². The van der Waals surface area contributed by atoms with Crippen LogP contribution in [0.5, 0.6) is 5.75 Å². The molecule has 0 radical (unpaired) electrons. The van der Waals surface area contributed by atoms with Crippen molar-refractivity contribution in [3.05, 3.63) is 46.4 Å². The van der Waals surface area contributed by atoms with Crippen LogP contribution in [0.4, 0.5) is 10.8 Å². The van der Waals surface area contributed by atoms with Gasteiger partial charge >= 0.3 is 0 Å². The van der Waals surface area contributed by atoms with Gasteiger partial charge in [-0.2, -0.15) is 0 Å². The van der Waals surface area contributed by atoms with Crippen LogP contribution in [0.1, 0.15) is 6.92 Å². The quantitative estimate of drug-likeness (QED) is 0.584. The minimum Gasteiger partial charge on any atom is -0.494 e. The molecule has 136 valence electrons. The summed E-state index contributed by atoms with van der Waals surface area (Å²) in [6.07, 6.45) is 0. The maximum atomic E-state index is 6.15. The number of benzene rings is 2. The van der Waals surface area contributed by atoms with Gasteiger partial charge in [0.2, 0.25) is 0 Å². The van der Waals surface area contributed by atoms with E-state index in [9.17, 15) is 0 Å². The van der Waals surface area contributed by atoms with E-state index in [0.29, 0.717) is 16.7 Å². The molecule has 0 atom stereocenters. The minimum absolute atomic E-state index is 0.593. The zero-order chi connectivity index (χ0) is 18.1. The summed E-state index contributed by atoms with van der Waals surface area (Å²) in [7, 11) is 0. The lowest BCUT2D eigenvalue weighted by molar-refractivity contribution is 0.341. The zero-order valence-corrected chi connectivity index (χ0v) is 16.7. The molecular formula is C19H19Cl2N3OS. The molecule has 4 nitrogen and oxygen atoms in total. The van der Waals surface area contributed by atoms with Gasteiger partial charge in [0.25, 0.3) is 0 Å². The van der Waals surface area contributed by atoms with Gasteiger partial charge in [-0.05, 0) is 43.3 Å². The van der Waals surface area contributed by atoms with E-state index in [1.165, 1.54) is 0 Å². The molecule has 4 rings (SSSR count). The van der Waals surface area contributed by atoms with Crippen molar-refractivity contribution in [2.45, 2.75) is 6.92 Å². The van der Waals surface area contributed by atoms with E-state index >= 15 is 0 Å². The van der Waals surface area contributed by atoms with E-state index in [4.69, 9.17) is 32.9 Å². The molecule has 2 heterocycles. The van der Waals surface area contributed by atoms with Gasteiger partial charge in [0.15, 0.2) is 5.13 Å². The average Bonchev–Trinajstić information content (AvgIpc) is 3.08. The Morgan fingerprint density at radius 1 is 1.00 bits per heavy atom. The molecule has 0 saturated carbocycles. The van der Waals surface area contributed by atoms with E-state index in [1.807, 2.05) is 37.3 Å². The van der Waals surface area contributed by atoms with Gasteiger partial charge in [0.1, 0.15) is 5.75 Å². The predicted molar refractivity (Wildman–Crippen MR) is 112 cm³/mol. The third kappa shape index (κ3) is 3.56. The zero-order valence-electron chi connectivity index (χ0n) is 14.4. The van der Waals surface area contributed by atoms with Crippen molar-refractivity contribution in [2.24, 2.45) is 0 Å². The molecule has 1 saturated heterocycles. The van der Waals surface area contributed by atoms with Crippen LogP contribution in [0.3, 0.4) is 0 Å². The first kappa shape index (κ1) is 17.7. The number of nitrogens with zero attached hydrogens (tertiary/aromatic N) is 3. The van der Waals surface area contributed by atoms with Gasteiger partial charge < -0.3 is 14.5 Å². The number of ether oxygens (including phenoxy) is 1. The molecule has 7 heteroatoms. The molecule has 0 unspecified atom stereocenters. The van der Waals surface area contributed by atoms with Crippen molar-refractivity contribution < 1.29 is 4.74 Å². The smallest absolute Gasteiger partial charge is 0.186 e. The highest BCUT2D eigenvalue weighted by Crippen LogP contribution is 2.33. The maximum absolute atomic E-state index is 6.15. The van der Waals surface area contributed by atoms with E-state index in [0.717, 1.165) is 53.0 Å². The summed E-state index contributed by atoms with van der Waals surface area (Å²) in [6, 6.07) is 11.9. The lowest BCUT2D eigenvalue weighted by Crippen LogP contribution is -2.46. The fraction of sp³-hybridized carbons (Fsp3) is 0.316. The molecule has 0 spiro atoms. The monoisotopic (exact) mass is 407 g/mol. The highest BCUT2D eigenvalue weighted by Gasteiger charge is 2.20. The number of fused-ring (bicyclic) bond motifs is 1. The average molecular weight is 408 g/mol. The van der Waals surface area contributed by atoms with Crippen molar-refractivity contribution in [3.8, 4) is 5.75 Å². The van der Waals surface area contributed by atoms with Crippen LogP contribution >= 0.6 is 34.5 Å². The first-order chi connectivity index (χ1) is 12.6. The summed E-state index contributed by atoms with van der Waals surface area (Å²) in [5.41, 5.74) is 2.14. The molecule has 1 aliphatic heterocycles. The summed E-state index contributed by atoms with van der Waals surface area (Å²) in [4.78, 5) is 9.47. The highest BCUT2D eigenvalue weighted by atomic mass is 35.5. The minimum atomic E-state index is 0.593. The normalized spacial score (nSPS) is 14.9. The van der Waals surface area contributed by atoms with E-state index in [-0.39, 0.29) is 0 Å². The van der Waals surface area contributed by atoms with Gasteiger partial charge in [-0.3, -0.25) is 0 Å². The van der Waals surface area contributed by atoms with Crippen molar-refractivity contribution in [1.82, 2.24) is 4.98 Å². The standard InChI is InChI=1S/C19H19Cl2N3OS/c1-2-25-14-4-6-17-18(12-14)26-19(22-17)24-9-7-23(8-10-24)13-3-5-15(20)16(21)11-13/h3-6,11-12H,2,7-10H2,1H3. The molecule has 3 aromatic rings. The molecule has 0 bridgehead atoms. The molecule has 0 N–H and O–H groups in total. The van der Waals surface area contributed by atoms with Gasteiger partial charge in [-0.15, -0.1) is 0 Å². The van der Waals surface area contributed by atoms with Crippen LogP contribution in [0, 0.1) is 0 Å². The predicted octanol–water partition coefficient (Wildman–Crippen LogP) is 5.33. The van der Waals surface area contributed by atoms with Crippen LogP contribution < -0.4 is 14.5 Å². The number of aromatic nitrogens is 1. The van der Waals surface area contributed by atoms with E-state index in [2.05, 4.69) is 15.9 Å². The molecule has 0 aliphatic carbocycles. The van der Waals surface area contributed by atoms with Gasteiger partial charge in [-0.1, -0.05) is 34.5 Å². The number of thiazole rings is 1. The maximum Gasteiger partial charge on any atom is 0.186 e. The van der Waals surface area contributed by atoms with E-state index < -0.39 is 0 Å². The summed E-state index contributed by atoms with van der Waals surface area (Å²) in [5, 5.41) is 2.26. The summed E-state index contributed by atoms with van der Waals surface area (Å²) >= 11 is 13.9. The Morgan fingerprint density at radius 3 is 2.50 bits per heavy atom. The van der Waals surface area contributed by atoms with Crippen molar-refractivity contribution >= 4 is 55.6 Å². The highest BCUT2D eigenvalue weighted by molar-refractivity contribution is 7.22. The molecular weight excluding hydrogens is 389 g/mol. The van der Waals surface area contributed by atoms with E-state index in [1.54, 1.807) is 11.3 Å².